The van der Waals surface area contributed by atoms with Gasteiger partial charge in [-0.05, 0) is 53.4 Å². The fourth-order valence-electron chi connectivity index (χ4n) is 1.92. The number of aliphatic hydroxyl groups is 1. The Hall–Kier alpha value is -1.23. The van der Waals surface area contributed by atoms with Crippen molar-refractivity contribution in [1.29, 1.82) is 0 Å². The van der Waals surface area contributed by atoms with Gasteiger partial charge in [-0.25, -0.2) is 4.39 Å². The minimum atomic E-state index is -0.564. The molecule has 0 aliphatic rings. The van der Waals surface area contributed by atoms with Crippen LogP contribution in [0, 0.1) is 5.82 Å². The molecule has 1 heterocycles. The molecule has 0 spiro atoms. The van der Waals surface area contributed by atoms with E-state index in [0.29, 0.717) is 6.42 Å². The zero-order chi connectivity index (χ0) is 13.7. The summed E-state index contributed by atoms with van der Waals surface area (Å²) in [7, 11) is 0. The molecule has 2 rings (SSSR count). The van der Waals surface area contributed by atoms with Gasteiger partial charge in [0.25, 0.3) is 0 Å². The number of halogens is 1. The lowest BCUT2D eigenvalue weighted by atomic mass is 10.0. The van der Waals surface area contributed by atoms with Gasteiger partial charge in [-0.3, -0.25) is 0 Å². The number of rotatable bonds is 6. The first-order valence-corrected chi connectivity index (χ1v) is 7.27. The Morgan fingerprint density at radius 1 is 1.26 bits per heavy atom. The smallest absolute Gasteiger partial charge is 0.123 e. The molecule has 0 aliphatic heterocycles. The van der Waals surface area contributed by atoms with Crippen molar-refractivity contribution < 1.29 is 9.50 Å². The maximum Gasteiger partial charge on any atom is 0.123 e. The predicted molar refractivity (Wildman–Crippen MR) is 76.6 cm³/mol. The van der Waals surface area contributed by atoms with Crippen molar-refractivity contribution in [1.82, 2.24) is 5.32 Å². The van der Waals surface area contributed by atoms with Gasteiger partial charge in [0.15, 0.2) is 0 Å². The highest BCUT2D eigenvalue weighted by atomic mass is 32.1. The highest BCUT2D eigenvalue weighted by Crippen LogP contribution is 2.18. The van der Waals surface area contributed by atoms with Crippen molar-refractivity contribution in [2.45, 2.75) is 32.0 Å². The summed E-state index contributed by atoms with van der Waals surface area (Å²) in [5.74, 6) is -0.278. The van der Waals surface area contributed by atoms with E-state index in [0.717, 1.165) is 12.1 Å². The molecule has 4 heteroatoms. The molecule has 2 unspecified atom stereocenters. The maximum atomic E-state index is 12.8. The van der Waals surface area contributed by atoms with Crippen molar-refractivity contribution in [3.05, 3.63) is 58.0 Å². The second kappa shape index (κ2) is 6.80. The molecule has 0 amide bonds. The van der Waals surface area contributed by atoms with Gasteiger partial charge in [-0.15, -0.1) is 0 Å². The lowest BCUT2D eigenvalue weighted by molar-refractivity contribution is 0.154. The third-order valence-corrected chi connectivity index (χ3v) is 3.80. The Labute approximate surface area is 116 Å². The van der Waals surface area contributed by atoms with Gasteiger partial charge in [-0.2, -0.15) is 11.3 Å². The molecule has 1 aromatic heterocycles. The van der Waals surface area contributed by atoms with E-state index in [1.165, 1.54) is 17.7 Å². The van der Waals surface area contributed by atoms with E-state index in [4.69, 9.17) is 0 Å². The van der Waals surface area contributed by atoms with Crippen LogP contribution >= 0.6 is 11.3 Å². The summed E-state index contributed by atoms with van der Waals surface area (Å²) in [5, 5.41) is 17.6. The number of nitrogens with one attached hydrogen (secondary N) is 1. The van der Waals surface area contributed by atoms with Crippen LogP contribution in [0.2, 0.25) is 0 Å². The monoisotopic (exact) mass is 279 g/mol. The zero-order valence-electron chi connectivity index (χ0n) is 10.8. The average Bonchev–Trinajstić information content (AvgIpc) is 2.90. The normalized spacial score (nSPS) is 14.3. The fraction of sp³-hybridized carbons (Fsp3) is 0.333. The minimum absolute atomic E-state index is 0.194. The quantitative estimate of drug-likeness (QED) is 0.848. The van der Waals surface area contributed by atoms with Crippen LogP contribution < -0.4 is 5.32 Å². The van der Waals surface area contributed by atoms with Crippen LogP contribution in [0.4, 0.5) is 4.39 Å². The predicted octanol–water partition coefficient (Wildman–Crippen LogP) is 3.49. The molecular formula is C15H18FNOS. The van der Waals surface area contributed by atoms with Crippen molar-refractivity contribution >= 4 is 11.3 Å². The van der Waals surface area contributed by atoms with Gasteiger partial charge < -0.3 is 10.4 Å². The zero-order valence-corrected chi connectivity index (χ0v) is 11.7. The molecule has 102 valence electrons. The van der Waals surface area contributed by atoms with Crippen LogP contribution in [-0.2, 0) is 6.54 Å². The van der Waals surface area contributed by atoms with Crippen molar-refractivity contribution in [2.24, 2.45) is 0 Å². The molecule has 0 bridgehead atoms. The number of hydrogen-bond acceptors (Lipinski definition) is 3. The molecule has 0 aliphatic carbocycles. The van der Waals surface area contributed by atoms with E-state index >= 15 is 0 Å². The van der Waals surface area contributed by atoms with Gasteiger partial charge in [0, 0.05) is 12.6 Å². The SMILES string of the molecule is CC(CC(O)c1ccc(F)cc1)NCc1ccsc1. The maximum absolute atomic E-state index is 12.8. The molecule has 2 atom stereocenters. The molecule has 0 saturated carbocycles. The van der Waals surface area contributed by atoms with E-state index in [1.54, 1.807) is 23.5 Å². The summed E-state index contributed by atoms with van der Waals surface area (Å²) >= 11 is 1.68. The number of benzene rings is 1. The van der Waals surface area contributed by atoms with Gasteiger partial charge in [0.1, 0.15) is 5.82 Å². The molecule has 0 radical (unpaired) electrons. The topological polar surface area (TPSA) is 32.3 Å². The molecule has 2 nitrogen and oxygen atoms in total. The van der Waals surface area contributed by atoms with Crippen molar-refractivity contribution in [2.75, 3.05) is 0 Å². The number of hydrogen-bond donors (Lipinski definition) is 2. The van der Waals surface area contributed by atoms with Gasteiger partial charge >= 0.3 is 0 Å². The summed E-state index contributed by atoms with van der Waals surface area (Å²) in [6.07, 6.45) is 0.0426. The van der Waals surface area contributed by atoms with Crippen LogP contribution in [-0.4, -0.2) is 11.1 Å². The molecule has 2 N–H and O–H groups in total. The van der Waals surface area contributed by atoms with Gasteiger partial charge in [0.2, 0.25) is 0 Å². The summed E-state index contributed by atoms with van der Waals surface area (Å²) in [6.45, 7) is 2.85. The molecule has 0 fully saturated rings. The fourth-order valence-corrected chi connectivity index (χ4v) is 2.59. The van der Waals surface area contributed by atoms with Crippen molar-refractivity contribution in [3.8, 4) is 0 Å². The number of aliphatic hydroxyl groups excluding tert-OH is 1. The first-order valence-electron chi connectivity index (χ1n) is 6.33. The summed E-state index contributed by atoms with van der Waals surface area (Å²) in [5.41, 5.74) is 2.01. The Bertz CT molecular complexity index is 483. The van der Waals surface area contributed by atoms with Crippen LogP contribution in [0.25, 0.3) is 0 Å². The van der Waals surface area contributed by atoms with Gasteiger partial charge in [0.05, 0.1) is 6.10 Å². The third-order valence-electron chi connectivity index (χ3n) is 3.07. The number of thiophene rings is 1. The Morgan fingerprint density at radius 3 is 2.63 bits per heavy atom. The van der Waals surface area contributed by atoms with E-state index in [1.807, 2.05) is 6.92 Å². The highest BCUT2D eigenvalue weighted by molar-refractivity contribution is 7.07. The molecule has 1 aromatic carbocycles. The Morgan fingerprint density at radius 2 is 2.00 bits per heavy atom. The molecule has 0 saturated heterocycles. The molecular weight excluding hydrogens is 261 g/mol. The van der Waals surface area contributed by atoms with E-state index in [2.05, 4.69) is 22.1 Å². The van der Waals surface area contributed by atoms with Crippen molar-refractivity contribution in [3.63, 3.8) is 0 Å². The van der Waals surface area contributed by atoms with E-state index in [9.17, 15) is 9.50 Å². The Balaban J connectivity index is 1.81. The van der Waals surface area contributed by atoms with Crippen LogP contribution in [0.1, 0.15) is 30.6 Å². The summed E-state index contributed by atoms with van der Waals surface area (Å²) < 4.78 is 12.8. The summed E-state index contributed by atoms with van der Waals surface area (Å²) in [4.78, 5) is 0. The van der Waals surface area contributed by atoms with Crippen LogP contribution in [0.5, 0.6) is 0 Å². The molecule has 19 heavy (non-hydrogen) atoms. The van der Waals surface area contributed by atoms with Crippen LogP contribution in [0.15, 0.2) is 41.1 Å². The van der Waals surface area contributed by atoms with E-state index in [-0.39, 0.29) is 11.9 Å². The second-order valence-corrected chi connectivity index (χ2v) is 5.50. The average molecular weight is 279 g/mol. The first-order chi connectivity index (χ1) is 9.15. The lowest BCUT2D eigenvalue weighted by Gasteiger charge is -2.18. The van der Waals surface area contributed by atoms with E-state index < -0.39 is 6.10 Å². The standard InChI is InChI=1S/C15H18FNOS/c1-11(17-9-12-6-7-19-10-12)8-15(18)13-2-4-14(16)5-3-13/h2-7,10-11,15,17-18H,8-9H2,1H3. The largest absolute Gasteiger partial charge is 0.388 e. The lowest BCUT2D eigenvalue weighted by Crippen LogP contribution is -2.27. The highest BCUT2D eigenvalue weighted by Gasteiger charge is 2.12. The van der Waals surface area contributed by atoms with Crippen LogP contribution in [0.3, 0.4) is 0 Å². The molecule has 2 aromatic rings. The Kier molecular flexibility index (Phi) is 5.07. The second-order valence-electron chi connectivity index (χ2n) is 4.72. The first kappa shape index (κ1) is 14.2. The third kappa shape index (κ3) is 4.42. The summed E-state index contributed by atoms with van der Waals surface area (Å²) in [6, 6.07) is 8.29. The minimum Gasteiger partial charge on any atom is -0.388 e. The van der Waals surface area contributed by atoms with Gasteiger partial charge in [-0.1, -0.05) is 12.1 Å².